The fourth-order valence-electron chi connectivity index (χ4n) is 5.01. The molecule has 1 amide bonds. The summed E-state index contributed by atoms with van der Waals surface area (Å²) in [7, 11) is 0. The van der Waals surface area contributed by atoms with Gasteiger partial charge in [-0.2, -0.15) is 0 Å². The van der Waals surface area contributed by atoms with Crippen molar-refractivity contribution in [2.24, 2.45) is 0 Å². The summed E-state index contributed by atoms with van der Waals surface area (Å²) in [5.74, 6) is 0.230. The Morgan fingerprint density at radius 2 is 1.41 bits per heavy atom. The van der Waals surface area contributed by atoms with Gasteiger partial charge in [-0.3, -0.25) is 29.9 Å². The highest BCUT2D eigenvalue weighted by Crippen LogP contribution is 2.34. The SMILES string of the molecule is O=C(CSc1nc(-c2ccc(Cl)c([N+](=O)[O-])c2)cs1)NC1CCN(Cc2ccc(Cl)c(Cl)c2)CC1.O=[N+]([O-])c1cc(-c2csc(S)n2)ccc1Cl. The Balaban J connectivity index is 0.000000262. The number of carbonyl (C=O) groups excluding carboxylic acids is 1. The number of aromatic nitrogens is 2. The van der Waals surface area contributed by atoms with Crippen LogP contribution in [-0.2, 0) is 11.3 Å². The third-order valence-electron chi connectivity index (χ3n) is 7.52. The predicted molar refractivity (Wildman–Crippen MR) is 209 cm³/mol. The first kappa shape index (κ1) is 39.2. The van der Waals surface area contributed by atoms with E-state index in [2.05, 4.69) is 32.8 Å². The van der Waals surface area contributed by atoms with Crippen LogP contribution in [0.2, 0.25) is 20.1 Å². The van der Waals surface area contributed by atoms with Gasteiger partial charge in [-0.1, -0.05) is 76.4 Å². The molecule has 0 bridgehead atoms. The molecule has 19 heteroatoms. The van der Waals surface area contributed by atoms with Crippen molar-refractivity contribution in [3.8, 4) is 22.5 Å². The van der Waals surface area contributed by atoms with Gasteiger partial charge in [-0.25, -0.2) is 9.97 Å². The number of nitrogens with zero attached hydrogens (tertiary/aromatic N) is 5. The maximum Gasteiger partial charge on any atom is 0.288 e. The third kappa shape index (κ3) is 11.0. The van der Waals surface area contributed by atoms with Crippen LogP contribution in [0.4, 0.5) is 11.4 Å². The minimum absolute atomic E-state index is 0.0307. The predicted octanol–water partition coefficient (Wildman–Crippen LogP) is 10.2. The van der Waals surface area contributed by atoms with Gasteiger partial charge in [0.2, 0.25) is 5.91 Å². The molecule has 3 heterocycles. The number of benzene rings is 3. The fourth-order valence-corrected chi connectivity index (χ4v) is 8.17. The Labute approximate surface area is 330 Å². The normalized spacial score (nSPS) is 13.4. The first-order valence-electron chi connectivity index (χ1n) is 14.9. The molecule has 1 fully saturated rings. The number of nitro groups is 2. The number of nitro benzene ring substituents is 2. The van der Waals surface area contributed by atoms with Crippen molar-refractivity contribution in [2.45, 2.75) is 34.1 Å². The summed E-state index contributed by atoms with van der Waals surface area (Å²) in [6.45, 7) is 2.58. The molecule has 0 spiro atoms. The lowest BCUT2D eigenvalue weighted by Gasteiger charge is -2.32. The van der Waals surface area contributed by atoms with E-state index in [1.807, 2.05) is 23.6 Å². The number of hydrogen-bond acceptors (Lipinski definition) is 12. The number of nitrogens with one attached hydrogen (secondary N) is 1. The van der Waals surface area contributed by atoms with E-state index in [1.165, 1.54) is 58.7 Å². The van der Waals surface area contributed by atoms with Gasteiger partial charge >= 0.3 is 0 Å². The molecule has 5 aromatic rings. The second-order valence-electron chi connectivity index (χ2n) is 11.0. The molecule has 11 nitrogen and oxygen atoms in total. The Kier molecular flexibility index (Phi) is 14.0. The molecule has 0 atom stereocenters. The second-order valence-corrected chi connectivity index (χ2v) is 16.3. The first-order chi connectivity index (χ1) is 24.4. The molecule has 0 unspecified atom stereocenters. The monoisotopic (exact) mass is 842 g/mol. The van der Waals surface area contributed by atoms with Gasteiger partial charge in [-0.05, 0) is 42.7 Å². The zero-order valence-electron chi connectivity index (χ0n) is 26.1. The number of thiol groups is 1. The Morgan fingerprint density at radius 3 is 1.96 bits per heavy atom. The molecule has 51 heavy (non-hydrogen) atoms. The Hall–Kier alpha value is -2.99. The van der Waals surface area contributed by atoms with Crippen molar-refractivity contribution in [3.05, 3.63) is 111 Å². The number of likely N-dealkylation sites (tertiary alicyclic amines) is 1. The smallest absolute Gasteiger partial charge is 0.288 e. The fraction of sp³-hybridized carbons (Fsp3) is 0.219. The largest absolute Gasteiger partial charge is 0.353 e. The van der Waals surface area contributed by atoms with E-state index >= 15 is 0 Å². The van der Waals surface area contributed by atoms with Crippen LogP contribution in [0.1, 0.15) is 18.4 Å². The zero-order chi connectivity index (χ0) is 36.7. The van der Waals surface area contributed by atoms with Crippen LogP contribution >= 0.6 is 93.5 Å². The van der Waals surface area contributed by atoms with Gasteiger partial charge in [0.25, 0.3) is 11.4 Å². The molecule has 1 N–H and O–H groups in total. The quantitative estimate of drug-likeness (QED) is 0.0607. The van der Waals surface area contributed by atoms with Gasteiger partial charge in [0.05, 0.1) is 37.0 Å². The molecule has 3 aromatic carbocycles. The number of rotatable bonds is 10. The lowest BCUT2D eigenvalue weighted by atomic mass is 10.0. The maximum absolute atomic E-state index is 12.5. The highest BCUT2D eigenvalue weighted by Gasteiger charge is 2.22. The molecule has 0 radical (unpaired) electrons. The average Bonchev–Trinajstić information content (AvgIpc) is 3.76. The second kappa shape index (κ2) is 18.2. The molecule has 266 valence electrons. The van der Waals surface area contributed by atoms with Crippen LogP contribution in [0, 0.1) is 20.2 Å². The van der Waals surface area contributed by atoms with Crippen LogP contribution in [0.25, 0.3) is 22.5 Å². The van der Waals surface area contributed by atoms with Crippen molar-refractivity contribution in [1.82, 2.24) is 20.2 Å². The number of thioether (sulfide) groups is 1. The van der Waals surface area contributed by atoms with E-state index in [0.717, 1.165) is 42.4 Å². The van der Waals surface area contributed by atoms with Crippen molar-refractivity contribution in [2.75, 3.05) is 18.8 Å². The topological polar surface area (TPSA) is 144 Å². The van der Waals surface area contributed by atoms with Crippen molar-refractivity contribution < 1.29 is 14.6 Å². The molecule has 2 aromatic heterocycles. The third-order valence-corrected chi connectivity index (χ3v) is 12.0. The molecular formula is C32H26Cl4N6O5S4. The number of halogens is 4. The van der Waals surface area contributed by atoms with Gasteiger partial charge in [0, 0.05) is 59.7 Å². The van der Waals surface area contributed by atoms with Gasteiger partial charge < -0.3 is 5.32 Å². The standard InChI is InChI=1S/C23H21Cl3N4O3S2.C9H5ClN2O2S2/c24-17-3-1-14(9-19(17)26)11-29-7-5-16(6-8-29)27-22(31)13-35-23-28-20(12-34-23)15-2-4-18(25)21(10-15)30(32)33;10-6-2-1-5(3-8(6)12(13)14)7-4-16-9(15)11-7/h1-4,9-10,12,16H,5-8,11,13H2,(H,27,31);1-4H,(H,11,15). The number of carbonyl (C=O) groups is 1. The minimum Gasteiger partial charge on any atom is -0.353 e. The highest BCUT2D eigenvalue weighted by molar-refractivity contribution is 8.01. The summed E-state index contributed by atoms with van der Waals surface area (Å²) in [6.07, 6.45) is 1.77. The lowest BCUT2D eigenvalue weighted by Crippen LogP contribution is -2.44. The minimum atomic E-state index is -0.518. The van der Waals surface area contributed by atoms with Crippen molar-refractivity contribution in [1.29, 1.82) is 0 Å². The summed E-state index contributed by atoms with van der Waals surface area (Å²) in [5, 5.41) is 29.9. The first-order valence-corrected chi connectivity index (χ1v) is 19.6. The van der Waals surface area contributed by atoms with E-state index in [-0.39, 0.29) is 39.1 Å². The molecule has 6 rings (SSSR count). The Bertz CT molecular complexity index is 2060. The number of hydrogen-bond donors (Lipinski definition) is 2. The molecule has 1 aliphatic rings. The lowest BCUT2D eigenvalue weighted by molar-refractivity contribution is -0.384. The zero-order valence-corrected chi connectivity index (χ0v) is 32.5. The molecular weight excluding hydrogens is 818 g/mol. The average molecular weight is 845 g/mol. The van der Waals surface area contributed by atoms with E-state index < -0.39 is 9.85 Å². The Morgan fingerprint density at radius 1 is 0.843 bits per heavy atom. The van der Waals surface area contributed by atoms with Crippen LogP contribution in [-0.4, -0.2) is 55.5 Å². The molecule has 0 aliphatic carbocycles. The molecule has 1 saturated heterocycles. The van der Waals surface area contributed by atoms with Crippen LogP contribution in [0.15, 0.2) is 74.0 Å². The molecule has 0 saturated carbocycles. The van der Waals surface area contributed by atoms with E-state index in [1.54, 1.807) is 17.5 Å². The molecule has 1 aliphatic heterocycles. The van der Waals surface area contributed by atoms with Crippen molar-refractivity contribution >= 4 is 111 Å². The summed E-state index contributed by atoms with van der Waals surface area (Å²) < 4.78 is 1.34. The number of thiazole rings is 2. The van der Waals surface area contributed by atoms with E-state index in [0.29, 0.717) is 36.9 Å². The van der Waals surface area contributed by atoms with Crippen LogP contribution in [0.3, 0.4) is 0 Å². The highest BCUT2D eigenvalue weighted by atomic mass is 35.5. The summed E-state index contributed by atoms with van der Waals surface area (Å²) in [6, 6.07) is 15.0. The van der Waals surface area contributed by atoms with E-state index in [9.17, 15) is 25.0 Å². The van der Waals surface area contributed by atoms with E-state index in [4.69, 9.17) is 46.4 Å². The number of amides is 1. The van der Waals surface area contributed by atoms with Gasteiger partial charge in [0.15, 0.2) is 4.34 Å². The number of piperidine rings is 1. The maximum atomic E-state index is 12.5. The van der Waals surface area contributed by atoms with Crippen molar-refractivity contribution in [3.63, 3.8) is 0 Å². The van der Waals surface area contributed by atoms with Crippen LogP contribution < -0.4 is 5.32 Å². The summed E-state index contributed by atoms with van der Waals surface area (Å²) >= 11 is 31.9. The summed E-state index contributed by atoms with van der Waals surface area (Å²) in [5.41, 5.74) is 3.40. The van der Waals surface area contributed by atoms with Gasteiger partial charge in [0.1, 0.15) is 14.4 Å². The summed E-state index contributed by atoms with van der Waals surface area (Å²) in [4.78, 5) is 44.2. The van der Waals surface area contributed by atoms with Crippen LogP contribution in [0.5, 0.6) is 0 Å². The van der Waals surface area contributed by atoms with Gasteiger partial charge in [-0.15, -0.1) is 35.3 Å².